The lowest BCUT2D eigenvalue weighted by Gasteiger charge is -2.16. The predicted octanol–water partition coefficient (Wildman–Crippen LogP) is 4.94. The highest BCUT2D eigenvalue weighted by Gasteiger charge is 2.21. The van der Waals surface area contributed by atoms with Crippen LogP contribution in [0.4, 0.5) is 0 Å². The van der Waals surface area contributed by atoms with E-state index < -0.39 is 0 Å². The largest absolute Gasteiger partial charge is 0.462 e. The molecular weight excluding hydrogens is 312 g/mol. The zero-order valence-corrected chi connectivity index (χ0v) is 14.6. The van der Waals surface area contributed by atoms with E-state index in [9.17, 15) is 9.59 Å². The Morgan fingerprint density at radius 3 is 2.16 bits per heavy atom. The van der Waals surface area contributed by atoms with Crippen molar-refractivity contribution in [2.45, 2.75) is 32.1 Å². The molecule has 2 rings (SSSR count). The lowest BCUT2D eigenvalue weighted by Crippen LogP contribution is -2.14. The molecule has 1 unspecified atom stereocenters. The number of hydrogen-bond acceptors (Lipinski definition) is 3. The summed E-state index contributed by atoms with van der Waals surface area (Å²) in [6.45, 7) is 5.54. The monoisotopic (exact) mass is 336 g/mol. The maximum atomic E-state index is 12.9. The van der Waals surface area contributed by atoms with Gasteiger partial charge in [0.05, 0.1) is 6.61 Å². The SMILES string of the molecule is C=C(C)C(=O)OCCCCC(C(=O)c1ccccc1)c1ccccc1. The Morgan fingerprint density at radius 1 is 0.960 bits per heavy atom. The van der Waals surface area contributed by atoms with Crippen LogP contribution in [-0.2, 0) is 9.53 Å². The van der Waals surface area contributed by atoms with E-state index >= 15 is 0 Å². The third kappa shape index (κ3) is 5.71. The fraction of sp³-hybridized carbons (Fsp3) is 0.273. The van der Waals surface area contributed by atoms with Crippen LogP contribution in [0.5, 0.6) is 0 Å². The average molecular weight is 336 g/mol. The first kappa shape index (κ1) is 18.7. The number of esters is 1. The summed E-state index contributed by atoms with van der Waals surface area (Å²) in [6.07, 6.45) is 2.26. The molecule has 0 fully saturated rings. The lowest BCUT2D eigenvalue weighted by molar-refractivity contribution is -0.139. The van der Waals surface area contributed by atoms with Crippen LogP contribution in [0.25, 0.3) is 0 Å². The number of carbonyl (C=O) groups is 2. The van der Waals surface area contributed by atoms with E-state index in [1.54, 1.807) is 6.92 Å². The second-order valence-corrected chi connectivity index (χ2v) is 6.11. The van der Waals surface area contributed by atoms with Crippen LogP contribution in [0.1, 0.15) is 48.0 Å². The van der Waals surface area contributed by atoms with E-state index in [-0.39, 0.29) is 17.7 Å². The van der Waals surface area contributed by atoms with E-state index in [1.807, 2.05) is 60.7 Å². The molecule has 0 N–H and O–H groups in total. The molecule has 0 spiro atoms. The average Bonchev–Trinajstić information content (AvgIpc) is 2.65. The van der Waals surface area contributed by atoms with Crippen molar-refractivity contribution >= 4 is 11.8 Å². The molecule has 0 saturated heterocycles. The molecule has 0 aromatic heterocycles. The van der Waals surface area contributed by atoms with Crippen LogP contribution in [0.15, 0.2) is 72.8 Å². The summed E-state index contributed by atoms with van der Waals surface area (Å²) < 4.78 is 5.11. The van der Waals surface area contributed by atoms with Crippen molar-refractivity contribution in [3.63, 3.8) is 0 Å². The highest BCUT2D eigenvalue weighted by atomic mass is 16.5. The molecule has 3 nitrogen and oxygen atoms in total. The zero-order valence-electron chi connectivity index (χ0n) is 14.6. The van der Waals surface area contributed by atoms with Gasteiger partial charge in [0, 0.05) is 17.1 Å². The number of benzene rings is 2. The van der Waals surface area contributed by atoms with Gasteiger partial charge in [-0.2, -0.15) is 0 Å². The molecule has 0 heterocycles. The van der Waals surface area contributed by atoms with Crippen LogP contribution in [-0.4, -0.2) is 18.4 Å². The highest BCUT2D eigenvalue weighted by molar-refractivity contribution is 6.00. The van der Waals surface area contributed by atoms with Crippen molar-refractivity contribution in [3.05, 3.63) is 83.9 Å². The summed E-state index contributed by atoms with van der Waals surface area (Å²) in [6, 6.07) is 19.2. The smallest absolute Gasteiger partial charge is 0.333 e. The van der Waals surface area contributed by atoms with Crippen molar-refractivity contribution in [2.75, 3.05) is 6.61 Å². The number of carbonyl (C=O) groups excluding carboxylic acids is 2. The molecule has 2 aromatic rings. The van der Waals surface area contributed by atoms with E-state index in [1.165, 1.54) is 0 Å². The summed E-state index contributed by atoms with van der Waals surface area (Å²) in [5.41, 5.74) is 2.15. The van der Waals surface area contributed by atoms with Crippen molar-refractivity contribution in [1.82, 2.24) is 0 Å². The Morgan fingerprint density at radius 2 is 1.56 bits per heavy atom. The van der Waals surface area contributed by atoms with Gasteiger partial charge in [-0.25, -0.2) is 4.79 Å². The van der Waals surface area contributed by atoms with Gasteiger partial charge in [0.2, 0.25) is 0 Å². The predicted molar refractivity (Wildman–Crippen MR) is 99.6 cm³/mol. The van der Waals surface area contributed by atoms with Gasteiger partial charge in [-0.05, 0) is 31.7 Å². The first-order valence-corrected chi connectivity index (χ1v) is 8.56. The second kappa shape index (κ2) is 9.58. The van der Waals surface area contributed by atoms with Gasteiger partial charge in [0.1, 0.15) is 0 Å². The molecule has 130 valence electrons. The molecule has 0 aliphatic rings. The minimum atomic E-state index is -0.361. The fourth-order valence-electron chi connectivity index (χ4n) is 2.68. The molecule has 1 atom stereocenters. The van der Waals surface area contributed by atoms with Gasteiger partial charge in [0.25, 0.3) is 0 Å². The minimum Gasteiger partial charge on any atom is -0.462 e. The molecule has 0 aliphatic heterocycles. The Balaban J connectivity index is 1.98. The molecule has 0 aliphatic carbocycles. The quantitative estimate of drug-likeness (QED) is 0.282. The third-order valence-corrected chi connectivity index (χ3v) is 4.05. The molecular formula is C22H24O3. The molecule has 25 heavy (non-hydrogen) atoms. The maximum Gasteiger partial charge on any atom is 0.333 e. The standard InChI is InChI=1S/C22H24O3/c1-17(2)22(24)25-16-10-9-15-20(18-11-5-3-6-12-18)21(23)19-13-7-4-8-14-19/h3-8,11-14,20H,1,9-10,15-16H2,2H3. The number of ether oxygens (including phenoxy) is 1. The Bertz CT molecular complexity index is 705. The summed E-state index contributed by atoms with van der Waals surface area (Å²) in [5, 5.41) is 0. The van der Waals surface area contributed by atoms with Crippen molar-refractivity contribution in [3.8, 4) is 0 Å². The fourth-order valence-corrected chi connectivity index (χ4v) is 2.68. The van der Waals surface area contributed by atoms with Gasteiger partial charge in [-0.3, -0.25) is 4.79 Å². The number of Topliss-reactive ketones (excluding diaryl/α,β-unsaturated/α-hetero) is 1. The number of unbranched alkanes of at least 4 members (excludes halogenated alkanes) is 1. The molecule has 3 heteroatoms. The molecule has 0 bridgehead atoms. The molecule has 0 saturated carbocycles. The summed E-state index contributed by atoms with van der Waals surface area (Å²) >= 11 is 0. The van der Waals surface area contributed by atoms with Gasteiger partial charge in [-0.1, -0.05) is 67.2 Å². The maximum absolute atomic E-state index is 12.9. The van der Waals surface area contributed by atoms with Crippen molar-refractivity contribution in [1.29, 1.82) is 0 Å². The van der Waals surface area contributed by atoms with Crippen molar-refractivity contribution < 1.29 is 14.3 Å². The van der Waals surface area contributed by atoms with Crippen LogP contribution in [0, 0.1) is 0 Å². The van der Waals surface area contributed by atoms with Crippen molar-refractivity contribution in [2.24, 2.45) is 0 Å². The molecule has 0 amide bonds. The first-order chi connectivity index (χ1) is 12.1. The highest BCUT2D eigenvalue weighted by Crippen LogP contribution is 2.26. The second-order valence-electron chi connectivity index (χ2n) is 6.11. The first-order valence-electron chi connectivity index (χ1n) is 8.56. The molecule has 0 radical (unpaired) electrons. The Hall–Kier alpha value is -2.68. The zero-order chi connectivity index (χ0) is 18.1. The van der Waals surface area contributed by atoms with Gasteiger partial charge < -0.3 is 4.74 Å². The van der Waals surface area contributed by atoms with Crippen LogP contribution in [0.3, 0.4) is 0 Å². The van der Waals surface area contributed by atoms with E-state index in [0.717, 1.165) is 30.4 Å². The van der Waals surface area contributed by atoms with Crippen LogP contribution < -0.4 is 0 Å². The van der Waals surface area contributed by atoms with E-state index in [2.05, 4.69) is 6.58 Å². The van der Waals surface area contributed by atoms with Gasteiger partial charge in [0.15, 0.2) is 5.78 Å². The Kier molecular flexibility index (Phi) is 7.15. The number of ketones is 1. The van der Waals surface area contributed by atoms with Gasteiger partial charge in [-0.15, -0.1) is 0 Å². The Labute approximate surface area is 149 Å². The summed E-state index contributed by atoms with van der Waals surface area (Å²) in [7, 11) is 0. The van der Waals surface area contributed by atoms with E-state index in [4.69, 9.17) is 4.74 Å². The number of hydrogen-bond donors (Lipinski definition) is 0. The third-order valence-electron chi connectivity index (χ3n) is 4.05. The molecule has 2 aromatic carbocycles. The van der Waals surface area contributed by atoms with Crippen LogP contribution in [0.2, 0.25) is 0 Å². The van der Waals surface area contributed by atoms with Gasteiger partial charge >= 0.3 is 5.97 Å². The van der Waals surface area contributed by atoms with Crippen LogP contribution >= 0.6 is 0 Å². The summed E-state index contributed by atoms with van der Waals surface area (Å²) in [4.78, 5) is 24.3. The number of rotatable bonds is 9. The van der Waals surface area contributed by atoms with E-state index in [0.29, 0.717) is 12.2 Å². The minimum absolute atomic E-state index is 0.130. The lowest BCUT2D eigenvalue weighted by atomic mass is 9.86. The summed E-state index contributed by atoms with van der Waals surface area (Å²) in [5.74, 6) is -0.411. The topological polar surface area (TPSA) is 43.4 Å². The normalized spacial score (nSPS) is 11.6.